The molecule has 1 aliphatic heterocycles. The van der Waals surface area contributed by atoms with Crippen LogP contribution in [0.4, 0.5) is 11.4 Å². The van der Waals surface area contributed by atoms with Gasteiger partial charge in [-0.1, -0.05) is 23.2 Å². The zero-order chi connectivity index (χ0) is 21.3. The lowest BCUT2D eigenvalue weighted by Crippen LogP contribution is -2.29. The number of anilines is 2. The van der Waals surface area contributed by atoms with Gasteiger partial charge in [0.05, 0.1) is 15.6 Å². The number of amides is 1. The molecule has 0 radical (unpaired) electrons. The lowest BCUT2D eigenvalue weighted by atomic mass is 10.1. The minimum absolute atomic E-state index is 0.0180. The van der Waals surface area contributed by atoms with E-state index < -0.39 is 15.9 Å². The van der Waals surface area contributed by atoms with Gasteiger partial charge in [0.15, 0.2) is 0 Å². The second kappa shape index (κ2) is 8.75. The van der Waals surface area contributed by atoms with Crippen molar-refractivity contribution in [2.75, 3.05) is 23.3 Å². The lowest BCUT2D eigenvalue weighted by molar-refractivity contribution is 0.102. The molecule has 1 aliphatic carbocycles. The summed E-state index contributed by atoms with van der Waals surface area (Å²) in [7, 11) is -3.82. The van der Waals surface area contributed by atoms with Crippen LogP contribution in [0.3, 0.4) is 0 Å². The zero-order valence-electron chi connectivity index (χ0n) is 16.3. The highest BCUT2D eigenvalue weighted by Crippen LogP contribution is 2.31. The highest BCUT2D eigenvalue weighted by Gasteiger charge is 2.30. The van der Waals surface area contributed by atoms with Gasteiger partial charge >= 0.3 is 0 Å². The van der Waals surface area contributed by atoms with Crippen LogP contribution in [-0.2, 0) is 10.0 Å². The number of halogens is 2. The number of rotatable bonds is 6. The molecule has 2 fully saturated rings. The summed E-state index contributed by atoms with van der Waals surface area (Å²) in [5, 5.41) is 2.85. The number of hydrogen-bond donors (Lipinski definition) is 2. The number of nitrogens with one attached hydrogen (secondary N) is 2. The van der Waals surface area contributed by atoms with Crippen molar-refractivity contribution < 1.29 is 13.2 Å². The minimum atomic E-state index is -3.82. The molecule has 6 nitrogen and oxygen atoms in total. The smallest absolute Gasteiger partial charge is 0.257 e. The van der Waals surface area contributed by atoms with Gasteiger partial charge in [-0.25, -0.2) is 13.1 Å². The van der Waals surface area contributed by atoms with Gasteiger partial charge in [0.2, 0.25) is 10.0 Å². The average Bonchev–Trinajstić information content (AvgIpc) is 3.52. The van der Waals surface area contributed by atoms with E-state index in [1.54, 1.807) is 0 Å². The fourth-order valence-electron chi connectivity index (χ4n) is 3.50. The van der Waals surface area contributed by atoms with Gasteiger partial charge in [0.25, 0.3) is 5.91 Å². The van der Waals surface area contributed by atoms with E-state index in [2.05, 4.69) is 14.9 Å². The first kappa shape index (κ1) is 21.4. The summed E-state index contributed by atoms with van der Waals surface area (Å²) >= 11 is 12.3. The van der Waals surface area contributed by atoms with E-state index in [4.69, 9.17) is 23.2 Å². The van der Waals surface area contributed by atoms with Crippen molar-refractivity contribution in [3.05, 3.63) is 52.0 Å². The van der Waals surface area contributed by atoms with Crippen LogP contribution in [0.1, 0.15) is 42.5 Å². The van der Waals surface area contributed by atoms with Crippen molar-refractivity contribution in [3.63, 3.8) is 0 Å². The molecule has 1 amide bonds. The van der Waals surface area contributed by atoms with Crippen molar-refractivity contribution >= 4 is 50.5 Å². The second-order valence-electron chi connectivity index (χ2n) is 7.71. The lowest BCUT2D eigenvalue weighted by Gasteiger charge is -2.28. The second-order valence-corrected chi connectivity index (χ2v) is 10.2. The quantitative estimate of drug-likeness (QED) is 0.646. The van der Waals surface area contributed by atoms with E-state index in [1.165, 1.54) is 31.4 Å². The Morgan fingerprint density at radius 3 is 2.27 bits per heavy atom. The van der Waals surface area contributed by atoms with Gasteiger partial charge in [-0.3, -0.25) is 4.79 Å². The third-order valence-electron chi connectivity index (χ3n) is 5.30. The van der Waals surface area contributed by atoms with E-state index >= 15 is 0 Å². The minimum Gasteiger partial charge on any atom is -0.372 e. The fourth-order valence-corrected chi connectivity index (χ4v) is 5.66. The van der Waals surface area contributed by atoms with Gasteiger partial charge in [0.1, 0.15) is 4.90 Å². The number of sulfonamides is 1. The Bertz CT molecular complexity index is 1050. The summed E-state index contributed by atoms with van der Waals surface area (Å²) in [6.45, 7) is 2.08. The van der Waals surface area contributed by atoms with Crippen LogP contribution in [-0.4, -0.2) is 33.5 Å². The molecular formula is C21H23Cl2N3O3S. The van der Waals surface area contributed by atoms with Gasteiger partial charge in [-0.15, -0.1) is 0 Å². The Labute approximate surface area is 186 Å². The summed E-state index contributed by atoms with van der Waals surface area (Å²) in [5.41, 5.74) is 1.78. The van der Waals surface area contributed by atoms with Gasteiger partial charge < -0.3 is 10.2 Å². The predicted octanol–water partition coefficient (Wildman–Crippen LogP) is 4.68. The molecule has 0 spiro atoms. The Kier molecular flexibility index (Phi) is 6.25. The van der Waals surface area contributed by atoms with Crippen molar-refractivity contribution in [1.82, 2.24) is 4.72 Å². The molecule has 0 aromatic heterocycles. The Hall–Kier alpha value is -1.80. The van der Waals surface area contributed by atoms with Crippen LogP contribution in [0.15, 0.2) is 41.3 Å². The third kappa shape index (κ3) is 4.91. The third-order valence-corrected chi connectivity index (χ3v) is 7.60. The predicted molar refractivity (Wildman–Crippen MR) is 120 cm³/mol. The van der Waals surface area contributed by atoms with E-state index in [0.717, 1.165) is 31.6 Å². The molecule has 4 rings (SSSR count). The van der Waals surface area contributed by atoms with Crippen LogP contribution < -0.4 is 14.9 Å². The molecule has 2 aromatic carbocycles. The molecular weight excluding hydrogens is 445 g/mol. The molecule has 30 heavy (non-hydrogen) atoms. The Balaban J connectivity index is 1.52. The largest absolute Gasteiger partial charge is 0.372 e. The number of carbonyl (C=O) groups excluding carboxylic acids is 1. The molecule has 0 bridgehead atoms. The van der Waals surface area contributed by atoms with Crippen LogP contribution in [0, 0.1) is 0 Å². The average molecular weight is 468 g/mol. The molecule has 2 aliphatic rings. The highest BCUT2D eigenvalue weighted by atomic mass is 35.5. The first-order chi connectivity index (χ1) is 14.3. The van der Waals surface area contributed by atoms with Crippen LogP contribution in [0.2, 0.25) is 10.0 Å². The number of nitrogens with zero attached hydrogens (tertiary/aromatic N) is 1. The maximum absolute atomic E-state index is 12.8. The summed E-state index contributed by atoms with van der Waals surface area (Å²) in [5.74, 6) is -0.495. The first-order valence-corrected chi connectivity index (χ1v) is 12.3. The van der Waals surface area contributed by atoms with Crippen LogP contribution in [0.5, 0.6) is 0 Å². The van der Waals surface area contributed by atoms with Crippen LogP contribution >= 0.6 is 23.2 Å². The molecule has 1 heterocycles. The van der Waals surface area contributed by atoms with Gasteiger partial charge in [-0.05, 0) is 68.5 Å². The summed E-state index contributed by atoms with van der Waals surface area (Å²) in [6.07, 6.45) is 5.24. The number of hydrogen-bond acceptors (Lipinski definition) is 4. The molecule has 160 valence electrons. The van der Waals surface area contributed by atoms with Gasteiger partial charge in [-0.2, -0.15) is 0 Å². The summed E-state index contributed by atoms with van der Waals surface area (Å²) in [6, 6.07) is 10.1. The summed E-state index contributed by atoms with van der Waals surface area (Å²) in [4.78, 5) is 15.0. The Morgan fingerprint density at radius 1 is 0.967 bits per heavy atom. The van der Waals surface area contributed by atoms with Crippen LogP contribution in [0.25, 0.3) is 0 Å². The fraction of sp³-hybridized carbons (Fsp3) is 0.381. The van der Waals surface area contributed by atoms with E-state index in [0.29, 0.717) is 5.69 Å². The molecule has 1 saturated heterocycles. The molecule has 9 heteroatoms. The monoisotopic (exact) mass is 467 g/mol. The molecule has 1 saturated carbocycles. The number of benzene rings is 2. The van der Waals surface area contributed by atoms with Crippen molar-refractivity contribution in [2.24, 2.45) is 0 Å². The molecule has 0 unspecified atom stereocenters. The Morgan fingerprint density at radius 2 is 1.63 bits per heavy atom. The van der Waals surface area contributed by atoms with Crippen molar-refractivity contribution in [3.8, 4) is 0 Å². The van der Waals surface area contributed by atoms with Gasteiger partial charge in [0, 0.05) is 30.5 Å². The standard InChI is InChI=1S/C21H23Cl2N3O3S/c22-18-13-19(23)20(30(28,29)25-15-4-5-15)12-17(18)21(27)24-14-6-8-16(9-7-14)26-10-2-1-3-11-26/h6-9,12-13,15,25H,1-5,10-11H2,(H,24,27). The first-order valence-electron chi connectivity index (χ1n) is 10.0. The van der Waals surface area contributed by atoms with E-state index in [9.17, 15) is 13.2 Å². The molecule has 2 N–H and O–H groups in total. The molecule has 2 aromatic rings. The number of piperidine rings is 1. The van der Waals surface area contributed by atoms with E-state index in [1.807, 2.05) is 24.3 Å². The normalized spacial score (nSPS) is 17.1. The summed E-state index contributed by atoms with van der Waals surface area (Å²) < 4.78 is 27.7. The molecule has 0 atom stereocenters. The highest BCUT2D eigenvalue weighted by molar-refractivity contribution is 7.89. The van der Waals surface area contributed by atoms with Crippen molar-refractivity contribution in [1.29, 1.82) is 0 Å². The SMILES string of the molecule is O=C(Nc1ccc(N2CCCCC2)cc1)c1cc(S(=O)(=O)NC2CC2)c(Cl)cc1Cl. The maximum atomic E-state index is 12.8. The number of carbonyl (C=O) groups is 1. The maximum Gasteiger partial charge on any atom is 0.257 e. The van der Waals surface area contributed by atoms with E-state index in [-0.39, 0.29) is 26.5 Å². The topological polar surface area (TPSA) is 78.5 Å². The zero-order valence-corrected chi connectivity index (χ0v) is 18.7. The van der Waals surface area contributed by atoms with Crippen molar-refractivity contribution in [2.45, 2.75) is 43.0 Å².